The Bertz CT molecular complexity index is 1240. The Balaban J connectivity index is 1.62. The number of rotatable bonds is 8. The van der Waals surface area contributed by atoms with Crippen molar-refractivity contribution in [2.75, 3.05) is 19.6 Å². The third kappa shape index (κ3) is 4.97. The van der Waals surface area contributed by atoms with Gasteiger partial charge >= 0.3 is 0 Å². The summed E-state index contributed by atoms with van der Waals surface area (Å²) < 4.78 is 2.74. The molecule has 0 N–H and O–H groups in total. The Labute approximate surface area is 218 Å². The molecule has 2 aliphatic heterocycles. The lowest BCUT2D eigenvalue weighted by Crippen LogP contribution is -2.33. The van der Waals surface area contributed by atoms with Crippen LogP contribution < -0.4 is 5.56 Å². The number of nitrogens with zero attached hydrogens (tertiary/aromatic N) is 3. The maximum absolute atomic E-state index is 13.0. The minimum Gasteiger partial charge on any atom is -0.303 e. The number of terminal acetylenes is 1. The van der Waals surface area contributed by atoms with E-state index in [2.05, 4.69) is 74.9 Å². The highest BCUT2D eigenvalue weighted by molar-refractivity contribution is 9.15. The van der Waals surface area contributed by atoms with Gasteiger partial charge in [-0.05, 0) is 95.3 Å². The summed E-state index contributed by atoms with van der Waals surface area (Å²) >= 11 is 3.45. The third-order valence-corrected chi connectivity index (χ3v) is 7.97. The molecule has 2 aliphatic rings. The molecule has 5 heteroatoms. The Hall–Kier alpha value is -2.42. The Morgan fingerprint density at radius 1 is 1.29 bits per heavy atom. The van der Waals surface area contributed by atoms with Gasteiger partial charge in [-0.1, -0.05) is 47.1 Å². The van der Waals surface area contributed by atoms with Gasteiger partial charge in [-0.3, -0.25) is 9.36 Å². The van der Waals surface area contributed by atoms with Crippen molar-refractivity contribution in [2.45, 2.75) is 70.6 Å². The van der Waals surface area contributed by atoms with Crippen LogP contribution in [-0.4, -0.2) is 34.1 Å². The summed E-state index contributed by atoms with van der Waals surface area (Å²) in [4.78, 5) is 20.1. The second kappa shape index (κ2) is 10.7. The zero-order valence-electron chi connectivity index (χ0n) is 21.2. The summed E-state index contributed by atoms with van der Waals surface area (Å²) in [6.07, 6.45) is 16.2. The van der Waals surface area contributed by atoms with Gasteiger partial charge in [0.25, 0.3) is 5.56 Å². The summed E-state index contributed by atoms with van der Waals surface area (Å²) in [6, 6.07) is 6.89. The van der Waals surface area contributed by atoms with Crippen molar-refractivity contribution in [3.05, 3.63) is 69.4 Å². The summed E-state index contributed by atoms with van der Waals surface area (Å²) in [6.45, 7) is 13.7. The molecule has 0 atom stereocenters. The average molecular weight is 535 g/mol. The highest BCUT2D eigenvalue weighted by atomic mass is 79.9. The number of fused-ring (bicyclic) bond motifs is 3. The molecule has 4 nitrogen and oxygen atoms in total. The minimum atomic E-state index is -0.349. The van der Waals surface area contributed by atoms with Crippen LogP contribution in [0.3, 0.4) is 0 Å². The predicted molar refractivity (Wildman–Crippen MR) is 150 cm³/mol. The Morgan fingerprint density at radius 3 is 2.69 bits per heavy atom. The van der Waals surface area contributed by atoms with Crippen LogP contribution in [0.2, 0.25) is 0 Å². The number of unbranched alkanes of at least 4 members (excludes halogenated alkanes) is 3. The van der Waals surface area contributed by atoms with Crippen LogP contribution in [0.1, 0.15) is 93.4 Å². The van der Waals surface area contributed by atoms with E-state index in [4.69, 9.17) is 6.42 Å². The Morgan fingerprint density at radius 2 is 2.03 bits per heavy atom. The van der Waals surface area contributed by atoms with E-state index in [0.29, 0.717) is 16.0 Å². The van der Waals surface area contributed by atoms with E-state index in [0.717, 1.165) is 43.1 Å². The van der Waals surface area contributed by atoms with Gasteiger partial charge < -0.3 is 4.90 Å². The normalized spacial score (nSPS) is 17.3. The minimum absolute atomic E-state index is 0.237. The monoisotopic (exact) mass is 533 g/mol. The molecule has 0 amide bonds. The van der Waals surface area contributed by atoms with Gasteiger partial charge in [0.1, 0.15) is 5.82 Å². The topological polar surface area (TPSA) is 38.1 Å². The number of hydrogen-bond donors (Lipinski definition) is 0. The van der Waals surface area contributed by atoms with Crippen molar-refractivity contribution in [3.8, 4) is 18.0 Å². The first-order chi connectivity index (χ1) is 16.8. The molecule has 1 aromatic heterocycles. The zero-order chi connectivity index (χ0) is 25.2. The Kier molecular flexibility index (Phi) is 7.83. The smallest absolute Gasteiger partial charge is 0.281 e. The maximum Gasteiger partial charge on any atom is 0.281 e. The number of halogens is 1. The summed E-state index contributed by atoms with van der Waals surface area (Å²) in [5.74, 6) is 4.08. The first kappa shape index (κ1) is 25.7. The van der Waals surface area contributed by atoms with E-state index in [-0.39, 0.29) is 11.0 Å². The molecular weight excluding hydrogens is 498 g/mol. The molecule has 35 heavy (non-hydrogen) atoms. The molecular formula is C30H36BrN3O. The van der Waals surface area contributed by atoms with E-state index in [9.17, 15) is 4.79 Å². The molecule has 0 unspecified atom stereocenters. The second-order valence-electron chi connectivity index (χ2n) is 10.3. The average Bonchev–Trinajstić information content (AvgIpc) is 3.05. The number of benzene rings is 1. The van der Waals surface area contributed by atoms with Gasteiger partial charge in [0.05, 0.1) is 22.4 Å². The molecule has 0 spiro atoms. The van der Waals surface area contributed by atoms with Crippen LogP contribution in [0.15, 0.2) is 35.6 Å². The summed E-state index contributed by atoms with van der Waals surface area (Å²) in [5.41, 5.74) is 4.50. The van der Waals surface area contributed by atoms with Crippen LogP contribution in [-0.2, 0) is 5.41 Å². The zero-order valence-corrected chi connectivity index (χ0v) is 22.8. The van der Waals surface area contributed by atoms with Gasteiger partial charge in [-0.25, -0.2) is 0 Å². The van der Waals surface area contributed by atoms with Gasteiger partial charge in [-0.2, -0.15) is 4.98 Å². The van der Waals surface area contributed by atoms with Crippen molar-refractivity contribution in [1.82, 2.24) is 14.5 Å². The molecule has 184 valence electrons. The molecule has 1 aromatic carbocycles. The first-order valence-corrected chi connectivity index (χ1v) is 13.5. The maximum atomic E-state index is 13.0. The fourth-order valence-corrected chi connectivity index (χ4v) is 6.01. The lowest BCUT2D eigenvalue weighted by molar-refractivity contribution is 0.208. The SMILES string of the molecule is C#CCCCCCN1CCC(c2ccc3c(c2)-n2c(nc(=O)c(C(=C)Br)c2/C=C\C)C3(C)C)CC1. The van der Waals surface area contributed by atoms with Gasteiger partial charge in [-0.15, -0.1) is 12.3 Å². The largest absolute Gasteiger partial charge is 0.303 e. The molecule has 3 heterocycles. The van der Waals surface area contributed by atoms with Gasteiger partial charge in [0.15, 0.2) is 0 Å². The second-order valence-corrected chi connectivity index (χ2v) is 11.2. The molecule has 1 saturated heterocycles. The van der Waals surface area contributed by atoms with Crippen molar-refractivity contribution < 1.29 is 0 Å². The van der Waals surface area contributed by atoms with Crippen LogP contribution >= 0.6 is 15.9 Å². The van der Waals surface area contributed by atoms with E-state index in [1.165, 1.54) is 43.4 Å². The van der Waals surface area contributed by atoms with Crippen molar-refractivity contribution in [3.63, 3.8) is 0 Å². The summed E-state index contributed by atoms with van der Waals surface area (Å²) in [7, 11) is 0. The fourth-order valence-electron chi connectivity index (χ4n) is 5.64. The lowest BCUT2D eigenvalue weighted by Gasteiger charge is -2.32. The first-order valence-electron chi connectivity index (χ1n) is 12.7. The molecule has 0 saturated carbocycles. The fraction of sp³-hybridized carbons (Fsp3) is 0.467. The predicted octanol–water partition coefficient (Wildman–Crippen LogP) is 6.64. The number of allylic oxidation sites excluding steroid dienone is 1. The lowest BCUT2D eigenvalue weighted by atomic mass is 9.83. The molecule has 4 rings (SSSR count). The van der Waals surface area contributed by atoms with Crippen LogP contribution in [0.4, 0.5) is 0 Å². The van der Waals surface area contributed by atoms with Crippen LogP contribution in [0, 0.1) is 12.3 Å². The number of hydrogen-bond acceptors (Lipinski definition) is 3. The van der Waals surface area contributed by atoms with E-state index in [1.807, 2.05) is 19.1 Å². The molecule has 1 fully saturated rings. The van der Waals surface area contributed by atoms with Crippen molar-refractivity contribution >= 4 is 26.5 Å². The third-order valence-electron chi connectivity index (χ3n) is 7.58. The van der Waals surface area contributed by atoms with E-state index < -0.39 is 0 Å². The van der Waals surface area contributed by atoms with E-state index in [1.54, 1.807) is 0 Å². The highest BCUT2D eigenvalue weighted by Crippen LogP contribution is 2.44. The van der Waals surface area contributed by atoms with E-state index >= 15 is 0 Å². The summed E-state index contributed by atoms with van der Waals surface area (Å²) in [5, 5.41) is 0. The van der Waals surface area contributed by atoms with Crippen LogP contribution in [0.5, 0.6) is 0 Å². The number of aromatic nitrogens is 2. The standard InChI is InChI=1S/C30H36BrN3O/c1-6-8-9-10-11-17-33-18-15-22(16-19-33)23-13-14-24-26(20-23)34-25(12-7-2)27(21(3)31)28(35)32-29(34)30(24,4)5/h1,7,12-14,20,22H,3,8-11,15-19H2,2,4-5H3/b12-7-. The molecule has 0 aliphatic carbocycles. The molecule has 2 aromatic rings. The number of piperidine rings is 1. The quantitative estimate of drug-likeness (QED) is 0.281. The number of likely N-dealkylation sites (tertiary alicyclic amines) is 1. The highest BCUT2D eigenvalue weighted by Gasteiger charge is 2.39. The van der Waals surface area contributed by atoms with Gasteiger partial charge in [0.2, 0.25) is 0 Å². The molecule has 0 bridgehead atoms. The van der Waals surface area contributed by atoms with Crippen LogP contribution in [0.25, 0.3) is 16.2 Å². The van der Waals surface area contributed by atoms with Crippen molar-refractivity contribution in [1.29, 1.82) is 0 Å². The van der Waals surface area contributed by atoms with Crippen molar-refractivity contribution in [2.24, 2.45) is 0 Å². The van der Waals surface area contributed by atoms with Gasteiger partial charge in [0, 0.05) is 10.9 Å². The molecule has 0 radical (unpaired) electrons.